The molecular formula is C14H27IN4O2. The van der Waals surface area contributed by atoms with E-state index in [0.717, 1.165) is 71.5 Å². The second-order valence-corrected chi connectivity index (χ2v) is 5.73. The van der Waals surface area contributed by atoms with Gasteiger partial charge in [0.05, 0.1) is 19.8 Å². The third-order valence-electron chi connectivity index (χ3n) is 4.40. The van der Waals surface area contributed by atoms with Crippen molar-refractivity contribution < 1.29 is 9.47 Å². The van der Waals surface area contributed by atoms with E-state index in [1.807, 2.05) is 0 Å². The van der Waals surface area contributed by atoms with Crippen LogP contribution in [0.2, 0.25) is 0 Å². The van der Waals surface area contributed by atoms with Gasteiger partial charge in [-0.3, -0.25) is 9.89 Å². The molecule has 2 unspecified atom stereocenters. The second-order valence-electron chi connectivity index (χ2n) is 5.73. The molecule has 3 aliphatic rings. The molecule has 3 aliphatic heterocycles. The van der Waals surface area contributed by atoms with Crippen molar-refractivity contribution in [2.75, 3.05) is 59.2 Å². The maximum Gasteiger partial charge on any atom is 0.191 e. The summed E-state index contributed by atoms with van der Waals surface area (Å²) >= 11 is 0. The predicted octanol–water partition coefficient (Wildman–Crippen LogP) is 0.281. The van der Waals surface area contributed by atoms with Crippen molar-refractivity contribution in [1.29, 1.82) is 0 Å². The first-order valence-electron chi connectivity index (χ1n) is 7.85. The maximum absolute atomic E-state index is 5.59. The number of hydrogen-bond donors (Lipinski definition) is 2. The zero-order chi connectivity index (χ0) is 13.6. The summed E-state index contributed by atoms with van der Waals surface area (Å²) in [5.74, 6) is 1.60. The Hall–Kier alpha value is -0.120. The van der Waals surface area contributed by atoms with Crippen molar-refractivity contribution in [2.45, 2.75) is 18.9 Å². The highest BCUT2D eigenvalue weighted by Crippen LogP contribution is 2.21. The summed E-state index contributed by atoms with van der Waals surface area (Å²) in [6, 6.07) is 0.521. The van der Waals surface area contributed by atoms with Crippen LogP contribution in [0.4, 0.5) is 0 Å². The smallest absolute Gasteiger partial charge is 0.191 e. The Morgan fingerprint density at radius 1 is 1.29 bits per heavy atom. The van der Waals surface area contributed by atoms with Crippen LogP contribution in [-0.4, -0.2) is 76.1 Å². The molecule has 2 fully saturated rings. The Bertz CT molecular complexity index is 331. The van der Waals surface area contributed by atoms with Crippen molar-refractivity contribution in [3.63, 3.8) is 0 Å². The van der Waals surface area contributed by atoms with Crippen LogP contribution in [0.5, 0.6) is 0 Å². The van der Waals surface area contributed by atoms with Gasteiger partial charge in [-0.05, 0) is 12.8 Å². The molecule has 2 N–H and O–H groups in total. The first-order chi connectivity index (χ1) is 9.93. The molecule has 0 spiro atoms. The van der Waals surface area contributed by atoms with Gasteiger partial charge in [-0.1, -0.05) is 0 Å². The molecule has 0 aromatic carbocycles. The van der Waals surface area contributed by atoms with E-state index in [-0.39, 0.29) is 24.0 Å². The number of hydrogen-bond acceptors (Lipinski definition) is 6. The van der Waals surface area contributed by atoms with Gasteiger partial charge in [-0.2, -0.15) is 0 Å². The molecule has 122 valence electrons. The average Bonchev–Trinajstić information content (AvgIpc) is 3.04. The number of ether oxygens (including phenoxy) is 2. The number of rotatable bonds is 4. The summed E-state index contributed by atoms with van der Waals surface area (Å²) < 4.78 is 11.1. The lowest BCUT2D eigenvalue weighted by atomic mass is 9.97. The molecule has 3 heterocycles. The lowest BCUT2D eigenvalue weighted by Gasteiger charge is -2.37. The highest BCUT2D eigenvalue weighted by atomic mass is 127. The normalized spacial score (nSPS) is 28.2. The number of nitrogens with zero attached hydrogens (tertiary/aromatic N) is 2. The van der Waals surface area contributed by atoms with E-state index in [1.165, 1.54) is 6.42 Å². The lowest BCUT2D eigenvalue weighted by molar-refractivity contribution is 0.00246. The van der Waals surface area contributed by atoms with Crippen molar-refractivity contribution in [2.24, 2.45) is 10.9 Å². The minimum absolute atomic E-state index is 0. The van der Waals surface area contributed by atoms with Gasteiger partial charge in [-0.15, -0.1) is 24.0 Å². The second kappa shape index (κ2) is 9.12. The number of halogens is 1. The third kappa shape index (κ3) is 4.94. The van der Waals surface area contributed by atoms with Gasteiger partial charge in [0.1, 0.15) is 0 Å². The van der Waals surface area contributed by atoms with Crippen LogP contribution in [0.3, 0.4) is 0 Å². The summed E-state index contributed by atoms with van der Waals surface area (Å²) in [5, 5.41) is 6.83. The number of guanidine groups is 1. The van der Waals surface area contributed by atoms with Crippen LogP contribution in [0.1, 0.15) is 12.8 Å². The van der Waals surface area contributed by atoms with Crippen molar-refractivity contribution in [3.8, 4) is 0 Å². The molecule has 7 heteroatoms. The fourth-order valence-electron chi connectivity index (χ4n) is 3.21. The zero-order valence-corrected chi connectivity index (χ0v) is 14.9. The minimum Gasteiger partial charge on any atom is -0.381 e. The van der Waals surface area contributed by atoms with Gasteiger partial charge < -0.3 is 20.1 Å². The van der Waals surface area contributed by atoms with Gasteiger partial charge >= 0.3 is 0 Å². The number of nitrogens with one attached hydrogen (secondary N) is 2. The molecule has 0 aliphatic carbocycles. The SMILES string of the molecule is C1CN=C(NCC(C2CCOC2)N2CCOCC2)NC1.I. The fourth-order valence-corrected chi connectivity index (χ4v) is 3.21. The molecule has 0 amide bonds. The molecule has 2 saturated heterocycles. The van der Waals surface area contributed by atoms with Crippen LogP contribution >= 0.6 is 24.0 Å². The Morgan fingerprint density at radius 3 is 2.81 bits per heavy atom. The third-order valence-corrected chi connectivity index (χ3v) is 4.40. The summed E-state index contributed by atoms with van der Waals surface area (Å²) in [5.41, 5.74) is 0. The molecule has 0 aromatic heterocycles. The minimum atomic E-state index is 0. The molecule has 0 saturated carbocycles. The molecule has 21 heavy (non-hydrogen) atoms. The molecule has 0 radical (unpaired) electrons. The van der Waals surface area contributed by atoms with E-state index in [0.29, 0.717) is 12.0 Å². The Kier molecular flexibility index (Phi) is 7.48. The Labute approximate surface area is 144 Å². The van der Waals surface area contributed by atoms with E-state index in [2.05, 4.69) is 20.5 Å². The highest BCUT2D eigenvalue weighted by molar-refractivity contribution is 14.0. The van der Waals surface area contributed by atoms with Crippen LogP contribution in [0.25, 0.3) is 0 Å². The summed E-state index contributed by atoms with van der Waals surface area (Å²) in [6.45, 7) is 8.47. The van der Waals surface area contributed by atoms with E-state index in [9.17, 15) is 0 Å². The van der Waals surface area contributed by atoms with Crippen LogP contribution in [-0.2, 0) is 9.47 Å². The van der Waals surface area contributed by atoms with Crippen LogP contribution < -0.4 is 10.6 Å². The average molecular weight is 410 g/mol. The van der Waals surface area contributed by atoms with Gasteiger partial charge in [0.15, 0.2) is 5.96 Å². The summed E-state index contributed by atoms with van der Waals surface area (Å²) in [7, 11) is 0. The first-order valence-corrected chi connectivity index (χ1v) is 7.85. The van der Waals surface area contributed by atoms with Crippen LogP contribution in [0.15, 0.2) is 4.99 Å². The van der Waals surface area contributed by atoms with E-state index in [1.54, 1.807) is 0 Å². The van der Waals surface area contributed by atoms with Gasteiger partial charge in [0.2, 0.25) is 0 Å². The standard InChI is InChI=1S/C14H26N4O2.HI/c1-3-15-14(16-4-1)17-10-13(12-2-7-20-11-12)18-5-8-19-9-6-18;/h12-13H,1-11H2,(H2,15,16,17);1H. The highest BCUT2D eigenvalue weighted by Gasteiger charge is 2.31. The molecule has 6 nitrogen and oxygen atoms in total. The van der Waals surface area contributed by atoms with Crippen molar-refractivity contribution in [3.05, 3.63) is 0 Å². The zero-order valence-electron chi connectivity index (χ0n) is 12.6. The summed E-state index contributed by atoms with van der Waals surface area (Å²) in [4.78, 5) is 7.05. The van der Waals surface area contributed by atoms with E-state index < -0.39 is 0 Å². The largest absolute Gasteiger partial charge is 0.381 e. The van der Waals surface area contributed by atoms with E-state index in [4.69, 9.17) is 9.47 Å². The van der Waals surface area contributed by atoms with Gasteiger partial charge in [-0.25, -0.2) is 0 Å². The first kappa shape index (κ1) is 17.2. The number of morpholine rings is 1. The Morgan fingerprint density at radius 2 is 2.14 bits per heavy atom. The number of aliphatic imine (C=N–C) groups is 1. The maximum atomic E-state index is 5.59. The molecule has 0 aromatic rings. The monoisotopic (exact) mass is 410 g/mol. The van der Waals surface area contributed by atoms with Gasteiger partial charge in [0.25, 0.3) is 0 Å². The summed E-state index contributed by atoms with van der Waals surface area (Å²) in [6.07, 6.45) is 2.30. The van der Waals surface area contributed by atoms with E-state index >= 15 is 0 Å². The van der Waals surface area contributed by atoms with Crippen molar-refractivity contribution >= 4 is 29.9 Å². The van der Waals surface area contributed by atoms with Crippen molar-refractivity contribution in [1.82, 2.24) is 15.5 Å². The molecule has 2 atom stereocenters. The molecular weight excluding hydrogens is 383 g/mol. The quantitative estimate of drug-likeness (QED) is 0.653. The predicted molar refractivity (Wildman–Crippen MR) is 93.4 cm³/mol. The lowest BCUT2D eigenvalue weighted by Crippen LogP contribution is -2.54. The molecule has 3 rings (SSSR count). The Balaban J connectivity index is 0.00000161. The topological polar surface area (TPSA) is 58.1 Å². The van der Waals surface area contributed by atoms with Gasteiger partial charge in [0, 0.05) is 51.3 Å². The fraction of sp³-hybridized carbons (Fsp3) is 0.929. The molecule has 0 bridgehead atoms. The van der Waals surface area contributed by atoms with Crippen LogP contribution in [0, 0.1) is 5.92 Å².